The van der Waals surface area contributed by atoms with Crippen LogP contribution in [0.4, 0.5) is 0 Å². The first-order valence-corrected chi connectivity index (χ1v) is 8.78. The Hall–Kier alpha value is -1.68. The highest BCUT2D eigenvalue weighted by molar-refractivity contribution is 8.24. The molecular formula is C15H17N3O4S2. The summed E-state index contributed by atoms with van der Waals surface area (Å²) in [4.78, 5) is 26.9. The number of ether oxygens (including phenoxy) is 1. The smallest absolute Gasteiger partial charge is 0.273 e. The fourth-order valence-corrected chi connectivity index (χ4v) is 3.98. The first-order valence-electron chi connectivity index (χ1n) is 7.50. The number of phenolic OH excluding ortho intramolecular Hbond substituents is 1. The number of amides is 2. The number of hydrazine groups is 1. The maximum absolute atomic E-state index is 12.5. The van der Waals surface area contributed by atoms with Crippen LogP contribution in [0.15, 0.2) is 24.3 Å². The Balaban J connectivity index is 1.63. The molecule has 3 rings (SSSR count). The van der Waals surface area contributed by atoms with Crippen LogP contribution in [-0.2, 0) is 9.53 Å². The van der Waals surface area contributed by atoms with E-state index in [0.29, 0.717) is 24.1 Å². The van der Waals surface area contributed by atoms with Crippen LogP contribution in [0, 0.1) is 0 Å². The molecule has 2 fully saturated rings. The van der Waals surface area contributed by atoms with E-state index in [4.69, 9.17) is 17.0 Å². The molecule has 1 aromatic carbocycles. The summed E-state index contributed by atoms with van der Waals surface area (Å²) in [5.41, 5.74) is 2.57. The van der Waals surface area contributed by atoms with Gasteiger partial charge in [-0.3, -0.25) is 19.9 Å². The van der Waals surface area contributed by atoms with Gasteiger partial charge in [-0.05, 0) is 12.1 Å². The van der Waals surface area contributed by atoms with E-state index in [1.807, 2.05) is 0 Å². The molecule has 0 aromatic heterocycles. The molecule has 7 nitrogen and oxygen atoms in total. The molecule has 9 heteroatoms. The number of thiocarbonyl (C=S) groups is 1. The topological polar surface area (TPSA) is 82.1 Å². The summed E-state index contributed by atoms with van der Waals surface area (Å²) >= 11 is 6.48. The average molecular weight is 367 g/mol. The van der Waals surface area contributed by atoms with Crippen molar-refractivity contribution in [3.63, 3.8) is 0 Å². The van der Waals surface area contributed by atoms with Gasteiger partial charge in [-0.1, -0.05) is 36.1 Å². The Morgan fingerprint density at radius 2 is 2.08 bits per heavy atom. The molecule has 0 bridgehead atoms. The zero-order chi connectivity index (χ0) is 17.1. The fraction of sp³-hybridized carbons (Fsp3) is 0.400. The Kier molecular flexibility index (Phi) is 5.34. The number of aromatic hydroxyl groups is 1. The van der Waals surface area contributed by atoms with Crippen LogP contribution in [0.3, 0.4) is 0 Å². The van der Waals surface area contributed by atoms with Gasteiger partial charge < -0.3 is 9.84 Å². The molecule has 128 valence electrons. The Morgan fingerprint density at radius 3 is 2.79 bits per heavy atom. The quantitative estimate of drug-likeness (QED) is 0.754. The van der Waals surface area contributed by atoms with Crippen LogP contribution in [0.25, 0.3) is 0 Å². The summed E-state index contributed by atoms with van der Waals surface area (Å²) in [5, 5.41) is 10.5. The molecule has 0 aliphatic carbocycles. The largest absolute Gasteiger partial charge is 0.507 e. The molecular weight excluding hydrogens is 350 g/mol. The van der Waals surface area contributed by atoms with Crippen molar-refractivity contribution in [1.82, 2.24) is 15.3 Å². The van der Waals surface area contributed by atoms with E-state index < -0.39 is 5.91 Å². The van der Waals surface area contributed by atoms with Crippen LogP contribution in [0.5, 0.6) is 5.75 Å². The number of thioether (sulfide) groups is 1. The number of morpholine rings is 1. The molecule has 0 spiro atoms. The molecule has 2 aliphatic rings. The van der Waals surface area contributed by atoms with Gasteiger partial charge >= 0.3 is 0 Å². The predicted octanol–water partition coefficient (Wildman–Crippen LogP) is 0.598. The summed E-state index contributed by atoms with van der Waals surface area (Å²) in [6.45, 7) is 3.44. The molecule has 24 heavy (non-hydrogen) atoms. The van der Waals surface area contributed by atoms with Gasteiger partial charge in [-0.2, -0.15) is 0 Å². The zero-order valence-corrected chi connectivity index (χ0v) is 14.4. The minimum absolute atomic E-state index is 0.0923. The maximum Gasteiger partial charge on any atom is 0.273 e. The van der Waals surface area contributed by atoms with Gasteiger partial charge in [0, 0.05) is 19.6 Å². The highest BCUT2D eigenvalue weighted by Crippen LogP contribution is 2.27. The highest BCUT2D eigenvalue weighted by Gasteiger charge is 2.39. The highest BCUT2D eigenvalue weighted by atomic mass is 32.2. The number of hydrogen-bond acceptors (Lipinski definition) is 7. The standard InChI is InChI=1S/C15H17N3O4S2/c19-11-4-2-1-3-10(11)13(20)16-18-14(21)12(24-15(18)23)9-17-5-7-22-8-6-17/h1-4,12,19H,5-9H2,(H,16,20). The average Bonchev–Trinajstić information content (AvgIpc) is 2.83. The Bertz CT molecular complexity index is 664. The number of rotatable bonds is 4. The van der Waals surface area contributed by atoms with Crippen LogP contribution < -0.4 is 5.43 Å². The van der Waals surface area contributed by atoms with Gasteiger partial charge in [0.1, 0.15) is 11.0 Å². The molecule has 1 atom stereocenters. The fourth-order valence-electron chi connectivity index (χ4n) is 2.52. The second-order valence-electron chi connectivity index (χ2n) is 5.42. The van der Waals surface area contributed by atoms with Crippen molar-refractivity contribution >= 4 is 40.1 Å². The van der Waals surface area contributed by atoms with Crippen molar-refractivity contribution in [2.75, 3.05) is 32.8 Å². The van der Waals surface area contributed by atoms with Crippen LogP contribution >= 0.6 is 24.0 Å². The lowest BCUT2D eigenvalue weighted by Crippen LogP contribution is -2.48. The van der Waals surface area contributed by atoms with Crippen LogP contribution in [-0.4, -0.2) is 69.2 Å². The van der Waals surface area contributed by atoms with E-state index in [2.05, 4.69) is 10.3 Å². The Morgan fingerprint density at radius 1 is 1.38 bits per heavy atom. The monoisotopic (exact) mass is 367 g/mol. The first kappa shape index (κ1) is 17.2. The van der Waals surface area contributed by atoms with Crippen molar-refractivity contribution < 1.29 is 19.4 Å². The van der Waals surface area contributed by atoms with Gasteiger partial charge in [0.25, 0.3) is 11.8 Å². The van der Waals surface area contributed by atoms with E-state index in [9.17, 15) is 14.7 Å². The molecule has 1 aromatic rings. The third kappa shape index (κ3) is 3.69. The van der Waals surface area contributed by atoms with Gasteiger partial charge in [-0.15, -0.1) is 0 Å². The zero-order valence-electron chi connectivity index (χ0n) is 12.8. The number of phenols is 1. The van der Waals surface area contributed by atoms with Gasteiger partial charge in [-0.25, -0.2) is 5.01 Å². The minimum Gasteiger partial charge on any atom is -0.507 e. The lowest BCUT2D eigenvalue weighted by atomic mass is 10.2. The summed E-state index contributed by atoms with van der Waals surface area (Å²) in [6.07, 6.45) is 0. The molecule has 2 N–H and O–H groups in total. The number of carbonyl (C=O) groups excluding carboxylic acids is 2. The molecule has 1 unspecified atom stereocenters. The summed E-state index contributed by atoms with van der Waals surface area (Å²) < 4.78 is 5.60. The van der Waals surface area contributed by atoms with E-state index in [1.54, 1.807) is 12.1 Å². The van der Waals surface area contributed by atoms with Crippen molar-refractivity contribution in [1.29, 1.82) is 0 Å². The third-order valence-corrected chi connectivity index (χ3v) is 5.30. The summed E-state index contributed by atoms with van der Waals surface area (Å²) in [6, 6.07) is 6.14. The van der Waals surface area contributed by atoms with Crippen molar-refractivity contribution in [3.05, 3.63) is 29.8 Å². The van der Waals surface area contributed by atoms with Crippen molar-refractivity contribution in [2.45, 2.75) is 5.25 Å². The molecule has 2 aliphatic heterocycles. The van der Waals surface area contributed by atoms with E-state index in [1.165, 1.54) is 23.9 Å². The van der Waals surface area contributed by atoms with Gasteiger partial charge in [0.15, 0.2) is 4.32 Å². The number of hydrogen-bond donors (Lipinski definition) is 2. The molecule has 0 radical (unpaired) electrons. The van der Waals surface area contributed by atoms with Crippen molar-refractivity contribution in [3.8, 4) is 5.75 Å². The number of para-hydroxylation sites is 1. The lowest BCUT2D eigenvalue weighted by Gasteiger charge is -2.27. The molecule has 2 amide bonds. The van der Waals surface area contributed by atoms with E-state index >= 15 is 0 Å². The molecule has 2 heterocycles. The van der Waals surface area contributed by atoms with Gasteiger partial charge in [0.05, 0.1) is 18.8 Å². The van der Waals surface area contributed by atoms with Crippen LogP contribution in [0.1, 0.15) is 10.4 Å². The van der Waals surface area contributed by atoms with E-state index in [0.717, 1.165) is 18.1 Å². The number of benzene rings is 1. The van der Waals surface area contributed by atoms with Crippen molar-refractivity contribution in [2.24, 2.45) is 0 Å². The number of nitrogens with zero attached hydrogens (tertiary/aromatic N) is 2. The number of carbonyl (C=O) groups is 2. The summed E-state index contributed by atoms with van der Waals surface area (Å²) in [7, 11) is 0. The molecule has 0 saturated carbocycles. The second-order valence-corrected chi connectivity index (χ2v) is 7.25. The second kappa shape index (κ2) is 7.47. The minimum atomic E-state index is -0.573. The van der Waals surface area contributed by atoms with Crippen LogP contribution in [0.2, 0.25) is 0 Å². The summed E-state index contributed by atoms with van der Waals surface area (Å²) in [5.74, 6) is -0.971. The third-order valence-electron chi connectivity index (χ3n) is 3.81. The Labute approximate surface area is 148 Å². The molecule has 2 saturated heterocycles. The lowest BCUT2D eigenvalue weighted by molar-refractivity contribution is -0.128. The SMILES string of the molecule is O=C(NN1C(=O)C(CN2CCOCC2)SC1=S)c1ccccc1O. The predicted molar refractivity (Wildman–Crippen MR) is 93.7 cm³/mol. The first-order chi connectivity index (χ1) is 11.6. The normalized spacial score (nSPS) is 22.0. The van der Waals surface area contributed by atoms with Gasteiger partial charge in [0.2, 0.25) is 0 Å². The van der Waals surface area contributed by atoms with E-state index in [-0.39, 0.29) is 22.5 Å². The number of nitrogens with one attached hydrogen (secondary N) is 1. The maximum atomic E-state index is 12.5.